The number of aryl methyl sites for hydroxylation is 2. The van der Waals surface area contributed by atoms with Gasteiger partial charge in [-0.25, -0.2) is 4.98 Å². The highest BCUT2D eigenvalue weighted by Crippen LogP contribution is 2.21. The van der Waals surface area contributed by atoms with E-state index in [2.05, 4.69) is 9.97 Å². The van der Waals surface area contributed by atoms with Crippen LogP contribution in [0.1, 0.15) is 22.5 Å². The van der Waals surface area contributed by atoms with Crippen LogP contribution in [0.25, 0.3) is 16.6 Å². The first-order chi connectivity index (χ1) is 12.1. The molecule has 0 fully saturated rings. The van der Waals surface area contributed by atoms with Gasteiger partial charge in [0.1, 0.15) is 5.65 Å². The summed E-state index contributed by atoms with van der Waals surface area (Å²) in [6.07, 6.45) is 3.94. The standard InChI is InChI=1S/C20H19N3OS/c1-14-6-5-9-23-11-17(22-20(14)23)13-25(24)12-16-10-15(2)21-19-8-4-3-7-18(16)19/h3-11H,12-13H2,1-2H3. The predicted octanol–water partition coefficient (Wildman–Crippen LogP) is 3.95. The third-order valence-electron chi connectivity index (χ3n) is 4.28. The van der Waals surface area contributed by atoms with Crippen LogP contribution in [-0.2, 0) is 22.3 Å². The van der Waals surface area contributed by atoms with Crippen molar-refractivity contribution in [3.8, 4) is 0 Å². The van der Waals surface area contributed by atoms with E-state index in [1.165, 1.54) is 0 Å². The summed E-state index contributed by atoms with van der Waals surface area (Å²) in [7, 11) is -1.02. The van der Waals surface area contributed by atoms with Crippen LogP contribution >= 0.6 is 0 Å². The van der Waals surface area contributed by atoms with Crippen LogP contribution in [0.3, 0.4) is 0 Å². The highest BCUT2D eigenvalue weighted by Gasteiger charge is 2.11. The molecule has 3 aromatic heterocycles. The van der Waals surface area contributed by atoms with Gasteiger partial charge in [-0.1, -0.05) is 24.3 Å². The molecule has 0 aliphatic heterocycles. The second-order valence-electron chi connectivity index (χ2n) is 6.32. The minimum absolute atomic E-state index is 0.455. The lowest BCUT2D eigenvalue weighted by Gasteiger charge is -2.07. The smallest absolute Gasteiger partial charge is 0.139 e. The quantitative estimate of drug-likeness (QED) is 0.560. The molecule has 0 spiro atoms. The molecule has 1 aromatic carbocycles. The van der Waals surface area contributed by atoms with Crippen molar-refractivity contribution >= 4 is 27.3 Å². The molecule has 0 amide bonds. The Morgan fingerprint density at radius 2 is 1.88 bits per heavy atom. The fourth-order valence-corrected chi connectivity index (χ4v) is 4.33. The molecule has 0 N–H and O–H groups in total. The maximum absolute atomic E-state index is 12.7. The summed E-state index contributed by atoms with van der Waals surface area (Å²) in [4.78, 5) is 9.18. The molecule has 0 saturated heterocycles. The van der Waals surface area contributed by atoms with Crippen molar-refractivity contribution in [2.45, 2.75) is 25.4 Å². The third-order valence-corrected chi connectivity index (χ3v) is 5.53. The molecule has 0 bridgehead atoms. The van der Waals surface area contributed by atoms with Crippen molar-refractivity contribution in [2.24, 2.45) is 0 Å². The molecule has 0 saturated carbocycles. The lowest BCUT2D eigenvalue weighted by molar-refractivity contribution is 0.682. The molecule has 126 valence electrons. The van der Waals surface area contributed by atoms with Crippen LogP contribution in [0.4, 0.5) is 0 Å². The van der Waals surface area contributed by atoms with Crippen molar-refractivity contribution in [2.75, 3.05) is 0 Å². The van der Waals surface area contributed by atoms with Crippen molar-refractivity contribution in [1.82, 2.24) is 14.4 Å². The first-order valence-electron chi connectivity index (χ1n) is 8.23. The van der Waals surface area contributed by atoms with E-state index in [4.69, 9.17) is 0 Å². The number of benzene rings is 1. The van der Waals surface area contributed by atoms with E-state index in [0.29, 0.717) is 11.5 Å². The largest absolute Gasteiger partial charge is 0.307 e. The third kappa shape index (κ3) is 3.20. The molecule has 0 radical (unpaired) electrons. The second-order valence-corrected chi connectivity index (χ2v) is 7.78. The minimum atomic E-state index is -1.02. The van der Waals surface area contributed by atoms with Gasteiger partial charge in [-0.15, -0.1) is 0 Å². The summed E-state index contributed by atoms with van der Waals surface area (Å²) in [6.45, 7) is 4.01. The highest BCUT2D eigenvalue weighted by molar-refractivity contribution is 7.83. The second kappa shape index (κ2) is 6.41. The van der Waals surface area contributed by atoms with Crippen molar-refractivity contribution in [1.29, 1.82) is 0 Å². The first-order valence-corrected chi connectivity index (χ1v) is 9.72. The van der Waals surface area contributed by atoms with Crippen LogP contribution in [-0.4, -0.2) is 18.6 Å². The monoisotopic (exact) mass is 349 g/mol. The lowest BCUT2D eigenvalue weighted by atomic mass is 10.1. The summed E-state index contributed by atoms with van der Waals surface area (Å²) < 4.78 is 14.7. The number of rotatable bonds is 4. The Balaban J connectivity index is 1.61. The highest BCUT2D eigenvalue weighted by atomic mass is 32.2. The predicted molar refractivity (Wildman–Crippen MR) is 102 cm³/mol. The van der Waals surface area contributed by atoms with Gasteiger partial charge in [-0.05, 0) is 43.2 Å². The Bertz CT molecular complexity index is 1100. The van der Waals surface area contributed by atoms with E-state index in [-0.39, 0.29) is 0 Å². The zero-order valence-electron chi connectivity index (χ0n) is 14.3. The fourth-order valence-electron chi connectivity index (χ4n) is 3.18. The summed E-state index contributed by atoms with van der Waals surface area (Å²) in [6, 6.07) is 14.1. The molecule has 1 unspecified atom stereocenters. The normalized spacial score (nSPS) is 12.7. The zero-order valence-corrected chi connectivity index (χ0v) is 15.1. The number of fused-ring (bicyclic) bond motifs is 2. The average Bonchev–Trinajstić information content (AvgIpc) is 2.98. The zero-order chi connectivity index (χ0) is 17.4. The van der Waals surface area contributed by atoms with E-state index in [9.17, 15) is 4.21 Å². The lowest BCUT2D eigenvalue weighted by Crippen LogP contribution is -2.01. The Labute approximate surface area is 149 Å². The van der Waals surface area contributed by atoms with Crippen LogP contribution in [0.5, 0.6) is 0 Å². The van der Waals surface area contributed by atoms with Gasteiger partial charge in [-0.2, -0.15) is 0 Å². The number of pyridine rings is 2. The van der Waals surface area contributed by atoms with E-state index in [1.807, 2.05) is 73.1 Å². The van der Waals surface area contributed by atoms with Crippen LogP contribution < -0.4 is 0 Å². The molecular weight excluding hydrogens is 330 g/mol. The molecule has 25 heavy (non-hydrogen) atoms. The summed E-state index contributed by atoms with van der Waals surface area (Å²) in [5, 5.41) is 1.08. The van der Waals surface area contributed by atoms with E-state index in [0.717, 1.165) is 39.1 Å². The van der Waals surface area contributed by atoms with Crippen molar-refractivity contribution in [3.63, 3.8) is 0 Å². The van der Waals surface area contributed by atoms with Crippen LogP contribution in [0, 0.1) is 13.8 Å². The maximum Gasteiger partial charge on any atom is 0.139 e. The SMILES string of the molecule is Cc1cc(CS(=O)Cc2cn3cccc(C)c3n2)c2ccccc2n1. The van der Waals surface area contributed by atoms with Gasteiger partial charge in [0.05, 0.1) is 17.0 Å². The number of hydrogen-bond donors (Lipinski definition) is 0. The van der Waals surface area contributed by atoms with Crippen molar-refractivity contribution in [3.05, 3.63) is 77.4 Å². The molecule has 0 aliphatic rings. The number of para-hydroxylation sites is 1. The molecule has 5 heteroatoms. The van der Waals surface area contributed by atoms with Gasteiger partial charge >= 0.3 is 0 Å². The summed E-state index contributed by atoms with van der Waals surface area (Å²) >= 11 is 0. The summed E-state index contributed by atoms with van der Waals surface area (Å²) in [5.41, 5.74) is 5.91. The molecule has 4 nitrogen and oxygen atoms in total. The Morgan fingerprint density at radius 3 is 2.72 bits per heavy atom. The Morgan fingerprint density at radius 1 is 1.04 bits per heavy atom. The maximum atomic E-state index is 12.7. The molecule has 4 aromatic rings. The number of nitrogens with zero attached hydrogens (tertiary/aromatic N) is 3. The first kappa shape index (κ1) is 16.0. The van der Waals surface area contributed by atoms with Gasteiger partial charge in [0, 0.05) is 40.0 Å². The van der Waals surface area contributed by atoms with Gasteiger partial charge in [0.15, 0.2) is 0 Å². The van der Waals surface area contributed by atoms with Gasteiger partial charge in [0.2, 0.25) is 0 Å². The van der Waals surface area contributed by atoms with E-state index < -0.39 is 10.8 Å². The number of aromatic nitrogens is 3. The molecule has 4 rings (SSSR count). The molecule has 3 heterocycles. The van der Waals surface area contributed by atoms with Gasteiger partial charge < -0.3 is 4.40 Å². The topological polar surface area (TPSA) is 47.3 Å². The summed E-state index contributed by atoms with van der Waals surface area (Å²) in [5.74, 6) is 0.966. The van der Waals surface area contributed by atoms with Gasteiger partial charge in [0.25, 0.3) is 0 Å². The molecule has 0 aliphatic carbocycles. The van der Waals surface area contributed by atoms with Crippen LogP contribution in [0.15, 0.2) is 54.9 Å². The van der Waals surface area contributed by atoms with E-state index >= 15 is 0 Å². The van der Waals surface area contributed by atoms with E-state index in [1.54, 1.807) is 0 Å². The Hall–Kier alpha value is -2.53. The average molecular weight is 349 g/mol. The molecule has 1 atom stereocenters. The number of imidazole rings is 1. The number of hydrogen-bond acceptors (Lipinski definition) is 3. The molecular formula is C20H19N3OS. The van der Waals surface area contributed by atoms with Gasteiger partial charge in [-0.3, -0.25) is 9.19 Å². The minimum Gasteiger partial charge on any atom is -0.307 e. The Kier molecular flexibility index (Phi) is 4.09. The van der Waals surface area contributed by atoms with Crippen molar-refractivity contribution < 1.29 is 4.21 Å². The fraction of sp³-hybridized carbons (Fsp3) is 0.200. The van der Waals surface area contributed by atoms with Crippen LogP contribution in [0.2, 0.25) is 0 Å².